The summed E-state index contributed by atoms with van der Waals surface area (Å²) < 4.78 is 2.06. The highest BCUT2D eigenvalue weighted by Crippen LogP contribution is 2.31. The van der Waals surface area contributed by atoms with Gasteiger partial charge in [-0.3, -0.25) is 9.59 Å². The van der Waals surface area contributed by atoms with E-state index in [1.807, 2.05) is 44.2 Å². The molecule has 0 saturated carbocycles. The van der Waals surface area contributed by atoms with Crippen LogP contribution >= 0.6 is 0 Å². The van der Waals surface area contributed by atoms with Gasteiger partial charge in [0.1, 0.15) is 5.56 Å². The Morgan fingerprint density at radius 2 is 2.00 bits per heavy atom. The first-order valence-corrected chi connectivity index (χ1v) is 8.51. The van der Waals surface area contributed by atoms with E-state index in [0.29, 0.717) is 5.39 Å². The molecule has 1 atom stereocenters. The third kappa shape index (κ3) is 2.45. The molecule has 25 heavy (non-hydrogen) atoms. The SMILES string of the molecule is Cc1ccc(NC(=O)c2cn3c4c(cccc4c2=O)C[C@@H]3C)c(C)c1. The number of hydrogen-bond donors (Lipinski definition) is 1. The Bertz CT molecular complexity index is 1080. The fraction of sp³-hybridized carbons (Fsp3) is 0.238. The van der Waals surface area contributed by atoms with Crippen molar-refractivity contribution in [2.24, 2.45) is 0 Å². The monoisotopic (exact) mass is 332 g/mol. The Hall–Kier alpha value is -2.88. The van der Waals surface area contributed by atoms with Crippen molar-refractivity contribution in [2.75, 3.05) is 5.32 Å². The molecule has 0 spiro atoms. The second kappa shape index (κ2) is 5.59. The molecular formula is C21H20N2O2. The van der Waals surface area contributed by atoms with Gasteiger partial charge in [0.2, 0.25) is 5.43 Å². The number of hydrogen-bond acceptors (Lipinski definition) is 2. The van der Waals surface area contributed by atoms with Gasteiger partial charge in [-0.25, -0.2) is 0 Å². The van der Waals surface area contributed by atoms with Gasteiger partial charge in [0, 0.05) is 23.3 Å². The van der Waals surface area contributed by atoms with Gasteiger partial charge in [-0.2, -0.15) is 0 Å². The van der Waals surface area contributed by atoms with Gasteiger partial charge in [0.05, 0.1) is 5.52 Å². The van der Waals surface area contributed by atoms with Crippen LogP contribution in [0.1, 0.15) is 40.0 Å². The van der Waals surface area contributed by atoms with Crippen molar-refractivity contribution in [1.82, 2.24) is 4.57 Å². The van der Waals surface area contributed by atoms with E-state index < -0.39 is 0 Å². The summed E-state index contributed by atoms with van der Waals surface area (Å²) in [5.41, 5.74) is 4.97. The van der Waals surface area contributed by atoms with E-state index >= 15 is 0 Å². The molecule has 2 aromatic carbocycles. The lowest BCUT2D eigenvalue weighted by Crippen LogP contribution is -2.24. The number of nitrogens with zero attached hydrogens (tertiary/aromatic N) is 1. The Kier molecular flexibility index (Phi) is 3.49. The van der Waals surface area contributed by atoms with Crippen LogP contribution in [0.15, 0.2) is 47.4 Å². The van der Waals surface area contributed by atoms with Crippen LogP contribution in [0.2, 0.25) is 0 Å². The molecule has 2 heterocycles. The molecule has 0 bridgehead atoms. The molecule has 4 rings (SSSR count). The number of amides is 1. The summed E-state index contributed by atoms with van der Waals surface area (Å²) in [4.78, 5) is 25.6. The number of nitrogens with one attached hydrogen (secondary N) is 1. The number of carbonyl (C=O) groups excluding carboxylic acids is 1. The van der Waals surface area contributed by atoms with Crippen LogP contribution in [0.5, 0.6) is 0 Å². The Labute approximate surface area is 146 Å². The van der Waals surface area contributed by atoms with Crippen LogP contribution in [0, 0.1) is 13.8 Å². The smallest absolute Gasteiger partial charge is 0.261 e. The highest BCUT2D eigenvalue weighted by atomic mass is 16.2. The van der Waals surface area contributed by atoms with Gasteiger partial charge >= 0.3 is 0 Å². The second-order valence-corrected chi connectivity index (χ2v) is 6.92. The van der Waals surface area contributed by atoms with Crippen LogP contribution in [0.3, 0.4) is 0 Å². The summed E-state index contributed by atoms with van der Waals surface area (Å²) in [5, 5.41) is 3.51. The number of carbonyl (C=O) groups is 1. The summed E-state index contributed by atoms with van der Waals surface area (Å²) in [5.74, 6) is -0.355. The van der Waals surface area contributed by atoms with E-state index in [1.54, 1.807) is 6.20 Å². The summed E-state index contributed by atoms with van der Waals surface area (Å²) >= 11 is 0. The lowest BCUT2D eigenvalue weighted by molar-refractivity contribution is 0.102. The van der Waals surface area contributed by atoms with Gasteiger partial charge in [0.15, 0.2) is 0 Å². The summed E-state index contributed by atoms with van der Waals surface area (Å²) in [6.45, 7) is 6.06. The summed E-state index contributed by atoms with van der Waals surface area (Å²) in [6, 6.07) is 11.8. The molecule has 0 aliphatic carbocycles. The Morgan fingerprint density at radius 1 is 1.20 bits per heavy atom. The van der Waals surface area contributed by atoms with E-state index in [1.165, 1.54) is 5.56 Å². The number of aromatic nitrogens is 1. The lowest BCUT2D eigenvalue weighted by atomic mass is 10.1. The van der Waals surface area contributed by atoms with Crippen LogP contribution in [-0.4, -0.2) is 10.5 Å². The molecule has 4 nitrogen and oxygen atoms in total. The first-order chi connectivity index (χ1) is 12.0. The molecule has 0 radical (unpaired) electrons. The van der Waals surface area contributed by atoms with E-state index in [0.717, 1.165) is 28.8 Å². The average Bonchev–Trinajstić information content (AvgIpc) is 2.89. The predicted molar refractivity (Wildman–Crippen MR) is 100 cm³/mol. The molecule has 1 aliphatic heterocycles. The molecule has 1 amide bonds. The first kappa shape index (κ1) is 15.6. The van der Waals surface area contributed by atoms with Gasteiger partial charge in [-0.1, -0.05) is 29.8 Å². The maximum atomic E-state index is 12.9. The number of anilines is 1. The fourth-order valence-corrected chi connectivity index (χ4v) is 3.72. The van der Waals surface area contributed by atoms with Crippen LogP contribution in [0.25, 0.3) is 10.9 Å². The van der Waals surface area contributed by atoms with Gasteiger partial charge in [0.25, 0.3) is 5.91 Å². The van der Waals surface area contributed by atoms with E-state index in [2.05, 4.69) is 22.9 Å². The number of aryl methyl sites for hydroxylation is 2. The van der Waals surface area contributed by atoms with Gasteiger partial charge in [-0.15, -0.1) is 0 Å². The molecule has 0 saturated heterocycles. The zero-order chi connectivity index (χ0) is 17.7. The molecule has 0 unspecified atom stereocenters. The second-order valence-electron chi connectivity index (χ2n) is 6.92. The molecule has 1 aromatic heterocycles. The minimum atomic E-state index is -0.355. The normalized spacial score (nSPS) is 15.6. The largest absolute Gasteiger partial charge is 0.343 e. The van der Waals surface area contributed by atoms with Gasteiger partial charge in [-0.05, 0) is 50.5 Å². The van der Waals surface area contributed by atoms with Crippen molar-refractivity contribution in [2.45, 2.75) is 33.2 Å². The number of rotatable bonds is 2. The summed E-state index contributed by atoms with van der Waals surface area (Å²) in [7, 11) is 0. The van der Waals surface area contributed by atoms with Crippen LogP contribution in [0.4, 0.5) is 5.69 Å². The standard InChI is InChI=1S/C21H20N2O2/c1-12-7-8-18(13(2)9-12)22-21(25)17-11-23-14(3)10-15-5-4-6-16(19(15)23)20(17)24/h4-9,11,14H,10H2,1-3H3,(H,22,25)/t14-/m0/s1. The average molecular weight is 332 g/mol. The topological polar surface area (TPSA) is 51.1 Å². The maximum Gasteiger partial charge on any atom is 0.261 e. The van der Waals surface area contributed by atoms with Gasteiger partial charge < -0.3 is 9.88 Å². The van der Waals surface area contributed by atoms with E-state index in [-0.39, 0.29) is 22.9 Å². The van der Waals surface area contributed by atoms with Crippen LogP contribution < -0.4 is 10.7 Å². The van der Waals surface area contributed by atoms with Crippen molar-refractivity contribution in [3.8, 4) is 0 Å². The van der Waals surface area contributed by atoms with Crippen molar-refractivity contribution in [1.29, 1.82) is 0 Å². The molecule has 126 valence electrons. The lowest BCUT2D eigenvalue weighted by Gasteiger charge is -2.13. The molecule has 0 fully saturated rings. The molecule has 1 N–H and O–H groups in total. The number of pyridine rings is 1. The number of para-hydroxylation sites is 1. The number of benzene rings is 2. The maximum absolute atomic E-state index is 12.9. The fourth-order valence-electron chi connectivity index (χ4n) is 3.72. The summed E-state index contributed by atoms with van der Waals surface area (Å²) in [6.07, 6.45) is 2.60. The zero-order valence-corrected chi connectivity index (χ0v) is 14.6. The predicted octanol–water partition coefficient (Wildman–Crippen LogP) is 3.99. The highest BCUT2D eigenvalue weighted by Gasteiger charge is 2.24. The molecule has 1 aliphatic rings. The Morgan fingerprint density at radius 3 is 2.76 bits per heavy atom. The van der Waals surface area contributed by atoms with Crippen molar-refractivity contribution in [3.05, 3.63) is 75.1 Å². The molecular weight excluding hydrogens is 312 g/mol. The quantitative estimate of drug-likeness (QED) is 0.771. The van der Waals surface area contributed by atoms with E-state index in [4.69, 9.17) is 0 Å². The first-order valence-electron chi connectivity index (χ1n) is 8.51. The van der Waals surface area contributed by atoms with Crippen molar-refractivity contribution in [3.63, 3.8) is 0 Å². The van der Waals surface area contributed by atoms with Crippen molar-refractivity contribution < 1.29 is 4.79 Å². The molecule has 3 aromatic rings. The third-order valence-corrected chi connectivity index (χ3v) is 5.00. The minimum Gasteiger partial charge on any atom is -0.343 e. The van der Waals surface area contributed by atoms with E-state index in [9.17, 15) is 9.59 Å². The molecule has 4 heteroatoms. The third-order valence-electron chi connectivity index (χ3n) is 5.00. The zero-order valence-electron chi connectivity index (χ0n) is 14.6. The van der Waals surface area contributed by atoms with Crippen LogP contribution in [-0.2, 0) is 6.42 Å². The van der Waals surface area contributed by atoms with Crippen molar-refractivity contribution >= 4 is 22.5 Å². The minimum absolute atomic E-state index is 0.193. The highest BCUT2D eigenvalue weighted by molar-refractivity contribution is 6.06. The Balaban J connectivity index is 1.81.